The Morgan fingerprint density at radius 3 is 2.10 bits per heavy atom. The van der Waals surface area contributed by atoms with E-state index >= 15 is 0 Å². The molecule has 0 aromatic heterocycles. The Bertz CT molecular complexity index is 116. The Hall–Kier alpha value is -0.0831. The zero-order chi connectivity index (χ0) is 8.20. The highest BCUT2D eigenvalue weighted by Crippen LogP contribution is 2.06. The van der Waals surface area contributed by atoms with E-state index in [9.17, 15) is 0 Å². The van der Waals surface area contributed by atoms with Crippen molar-refractivity contribution < 1.29 is 0 Å². The minimum Gasteiger partial charge on any atom is -0.326 e. The van der Waals surface area contributed by atoms with Crippen LogP contribution in [0, 0.1) is 0 Å². The van der Waals surface area contributed by atoms with E-state index in [-0.39, 0.29) is 0 Å². The van der Waals surface area contributed by atoms with Crippen molar-refractivity contribution >= 4 is 8.24 Å². The monoisotopic (exact) mass is 157 g/mol. The summed E-state index contributed by atoms with van der Waals surface area (Å²) in [6.45, 7) is 6.87. The Labute approximate surface area is 65.8 Å². The van der Waals surface area contributed by atoms with Crippen LogP contribution in [0.25, 0.3) is 0 Å². The van der Waals surface area contributed by atoms with Crippen LogP contribution in [-0.4, -0.2) is 26.9 Å². The van der Waals surface area contributed by atoms with Crippen LogP contribution >= 0.6 is 0 Å². The zero-order valence-corrected chi connectivity index (χ0v) is 8.81. The van der Waals surface area contributed by atoms with Gasteiger partial charge in [-0.15, -0.1) is 0 Å². The molecule has 0 N–H and O–H groups in total. The Morgan fingerprint density at radius 1 is 1.30 bits per heavy atom. The summed E-state index contributed by atoms with van der Waals surface area (Å²) >= 11 is 0. The lowest BCUT2D eigenvalue weighted by Crippen LogP contribution is -2.41. The van der Waals surface area contributed by atoms with Crippen LogP contribution in [0.15, 0.2) is 11.8 Å². The molecule has 0 amide bonds. The van der Waals surface area contributed by atoms with Gasteiger partial charge in [-0.2, -0.15) is 0 Å². The summed E-state index contributed by atoms with van der Waals surface area (Å²) in [5.41, 5.74) is 2.38. The third-order valence-corrected chi connectivity index (χ3v) is 5.27. The molecule has 60 valence electrons. The van der Waals surface area contributed by atoms with Gasteiger partial charge in [-0.1, -0.05) is 31.8 Å². The fraction of sp³-hybridized carbons (Fsp3) is 0.750. The number of nitrogens with zero attached hydrogens (tertiary/aromatic N) is 1. The standard InChI is InChI=1S/C8H19NSi/c1-6-7-8-10(4,5)9(2)3/h7-8H,6H2,1-5H3. The van der Waals surface area contributed by atoms with Gasteiger partial charge in [0, 0.05) is 0 Å². The van der Waals surface area contributed by atoms with Crippen LogP contribution < -0.4 is 0 Å². The molecule has 0 spiro atoms. The van der Waals surface area contributed by atoms with Gasteiger partial charge in [0.25, 0.3) is 0 Å². The second kappa shape index (κ2) is 3.94. The molecule has 0 saturated carbocycles. The van der Waals surface area contributed by atoms with Gasteiger partial charge in [0.05, 0.1) is 0 Å². The first-order valence-corrected chi connectivity index (χ1v) is 6.88. The first-order chi connectivity index (χ1) is 4.50. The van der Waals surface area contributed by atoms with E-state index in [1.807, 2.05) is 0 Å². The lowest BCUT2D eigenvalue weighted by molar-refractivity contribution is 0.632. The molecule has 0 atom stereocenters. The SMILES string of the molecule is CCC=C[Si](C)(C)N(C)C. The molecular formula is C8H19NSi. The summed E-state index contributed by atoms with van der Waals surface area (Å²) in [5.74, 6) is 0. The Morgan fingerprint density at radius 2 is 1.80 bits per heavy atom. The van der Waals surface area contributed by atoms with Crippen molar-refractivity contribution in [1.29, 1.82) is 0 Å². The summed E-state index contributed by atoms with van der Waals surface area (Å²) < 4.78 is 2.35. The average molecular weight is 157 g/mol. The van der Waals surface area contributed by atoms with Crippen LogP contribution in [0.2, 0.25) is 13.1 Å². The van der Waals surface area contributed by atoms with Gasteiger partial charge in [-0.05, 0) is 20.5 Å². The van der Waals surface area contributed by atoms with Gasteiger partial charge in [0.2, 0.25) is 0 Å². The van der Waals surface area contributed by atoms with E-state index in [4.69, 9.17) is 0 Å². The highest BCUT2D eigenvalue weighted by Gasteiger charge is 2.18. The normalized spacial score (nSPS) is 13.4. The van der Waals surface area contributed by atoms with Crippen LogP contribution in [0.5, 0.6) is 0 Å². The molecule has 0 bridgehead atoms. The molecule has 0 radical (unpaired) electrons. The van der Waals surface area contributed by atoms with E-state index in [2.05, 4.69) is 50.5 Å². The van der Waals surface area contributed by atoms with E-state index in [0.717, 1.165) is 6.42 Å². The lowest BCUT2D eigenvalue weighted by atomic mass is 10.5. The number of hydrogen-bond donors (Lipinski definition) is 0. The van der Waals surface area contributed by atoms with Crippen molar-refractivity contribution in [2.75, 3.05) is 14.1 Å². The van der Waals surface area contributed by atoms with Crippen LogP contribution in [0.1, 0.15) is 13.3 Å². The minimum atomic E-state index is -1.15. The van der Waals surface area contributed by atoms with Gasteiger partial charge in [-0.3, -0.25) is 0 Å². The van der Waals surface area contributed by atoms with Crippen molar-refractivity contribution in [2.24, 2.45) is 0 Å². The maximum absolute atomic E-state index is 2.38. The van der Waals surface area contributed by atoms with Gasteiger partial charge < -0.3 is 4.57 Å². The lowest BCUT2D eigenvalue weighted by Gasteiger charge is -2.26. The molecule has 0 saturated heterocycles. The largest absolute Gasteiger partial charge is 0.326 e. The van der Waals surface area contributed by atoms with Crippen LogP contribution in [0.4, 0.5) is 0 Å². The number of rotatable bonds is 3. The van der Waals surface area contributed by atoms with Gasteiger partial charge in [0.1, 0.15) is 8.24 Å². The molecule has 0 aliphatic carbocycles. The topological polar surface area (TPSA) is 3.24 Å². The third-order valence-electron chi connectivity index (χ3n) is 1.91. The van der Waals surface area contributed by atoms with E-state index in [1.54, 1.807) is 0 Å². The van der Waals surface area contributed by atoms with Crippen molar-refractivity contribution in [2.45, 2.75) is 26.4 Å². The summed E-state index contributed by atoms with van der Waals surface area (Å²) in [4.78, 5) is 0. The fourth-order valence-electron chi connectivity index (χ4n) is 0.555. The second-order valence-corrected chi connectivity index (χ2v) is 7.89. The van der Waals surface area contributed by atoms with Gasteiger partial charge in [-0.25, -0.2) is 0 Å². The predicted molar refractivity (Wildman–Crippen MR) is 50.6 cm³/mol. The quantitative estimate of drug-likeness (QED) is 0.568. The third kappa shape index (κ3) is 3.18. The minimum absolute atomic E-state index is 1.15. The molecule has 0 fully saturated rings. The molecule has 0 aromatic carbocycles. The van der Waals surface area contributed by atoms with Gasteiger partial charge in [0.15, 0.2) is 0 Å². The Kier molecular flexibility index (Phi) is 3.90. The second-order valence-electron chi connectivity index (χ2n) is 3.36. The van der Waals surface area contributed by atoms with Crippen LogP contribution in [-0.2, 0) is 0 Å². The Balaban J connectivity index is 3.98. The molecule has 0 aliphatic rings. The highest BCUT2D eigenvalue weighted by atomic mass is 28.3. The summed E-state index contributed by atoms with van der Waals surface area (Å²) in [6.07, 6.45) is 3.43. The van der Waals surface area contributed by atoms with E-state index in [0.29, 0.717) is 0 Å². The first-order valence-electron chi connectivity index (χ1n) is 3.86. The molecule has 0 heterocycles. The molecule has 1 nitrogen and oxygen atoms in total. The maximum atomic E-state index is 2.38. The van der Waals surface area contributed by atoms with Crippen molar-refractivity contribution in [1.82, 2.24) is 4.57 Å². The summed E-state index contributed by atoms with van der Waals surface area (Å²) in [5, 5.41) is 0. The van der Waals surface area contributed by atoms with E-state index < -0.39 is 8.24 Å². The van der Waals surface area contributed by atoms with E-state index in [1.165, 1.54) is 0 Å². The maximum Gasteiger partial charge on any atom is 0.146 e. The number of hydrogen-bond acceptors (Lipinski definition) is 1. The zero-order valence-electron chi connectivity index (χ0n) is 7.81. The smallest absolute Gasteiger partial charge is 0.146 e. The highest BCUT2D eigenvalue weighted by molar-refractivity contribution is 6.79. The van der Waals surface area contributed by atoms with Crippen molar-refractivity contribution in [3.05, 3.63) is 11.8 Å². The first kappa shape index (κ1) is 9.92. The number of allylic oxidation sites excluding steroid dienone is 1. The molecular weight excluding hydrogens is 138 g/mol. The van der Waals surface area contributed by atoms with Crippen molar-refractivity contribution in [3.63, 3.8) is 0 Å². The molecule has 10 heavy (non-hydrogen) atoms. The summed E-state index contributed by atoms with van der Waals surface area (Å²) in [7, 11) is 3.17. The molecule has 0 aromatic rings. The van der Waals surface area contributed by atoms with Gasteiger partial charge >= 0.3 is 0 Å². The summed E-state index contributed by atoms with van der Waals surface area (Å²) in [6, 6.07) is 0. The average Bonchev–Trinajstić information content (AvgIpc) is 1.84. The fourth-order valence-corrected chi connectivity index (χ4v) is 1.67. The van der Waals surface area contributed by atoms with Crippen LogP contribution in [0.3, 0.4) is 0 Å². The predicted octanol–water partition coefficient (Wildman–Crippen LogP) is 2.26. The molecule has 2 heteroatoms. The molecule has 0 unspecified atom stereocenters. The molecule has 0 rings (SSSR count). The van der Waals surface area contributed by atoms with Crippen molar-refractivity contribution in [3.8, 4) is 0 Å². The molecule has 0 aliphatic heterocycles.